The van der Waals surface area contributed by atoms with Crippen LogP contribution in [-0.4, -0.2) is 7.11 Å². The zero-order valence-electron chi connectivity index (χ0n) is 6.52. The van der Waals surface area contributed by atoms with Crippen molar-refractivity contribution in [2.75, 3.05) is 12.8 Å². The molecule has 0 aliphatic rings. The summed E-state index contributed by atoms with van der Waals surface area (Å²) in [4.78, 5) is 0. The Labute approximate surface area is 64.8 Å². The molecule has 3 heteroatoms. The minimum atomic E-state index is -0.438. The topological polar surface area (TPSA) is 35.2 Å². The highest BCUT2D eigenvalue weighted by atomic mass is 19.1. The van der Waals surface area contributed by atoms with Gasteiger partial charge in [-0.25, -0.2) is 4.39 Å². The molecule has 0 spiro atoms. The Morgan fingerprint density at radius 3 is 2.64 bits per heavy atom. The molecular weight excluding hydrogens is 145 g/mol. The first-order valence-electron chi connectivity index (χ1n) is 3.24. The standard InChI is InChI=1S/C8H10FNO/c1-5-3-7(10)6(9)4-8(5)11-2/h3-4H,10H2,1-2H3. The fourth-order valence-electron chi connectivity index (χ4n) is 0.906. The van der Waals surface area contributed by atoms with Gasteiger partial charge in [-0.1, -0.05) is 0 Å². The predicted molar refractivity (Wildman–Crippen MR) is 42.1 cm³/mol. The normalized spacial score (nSPS) is 9.73. The molecule has 0 bridgehead atoms. The van der Waals surface area contributed by atoms with E-state index in [1.807, 2.05) is 6.92 Å². The Morgan fingerprint density at radius 2 is 2.09 bits per heavy atom. The second-order valence-electron chi connectivity index (χ2n) is 2.34. The van der Waals surface area contributed by atoms with Gasteiger partial charge in [0.1, 0.15) is 11.6 Å². The van der Waals surface area contributed by atoms with Crippen molar-refractivity contribution in [3.8, 4) is 5.75 Å². The van der Waals surface area contributed by atoms with Gasteiger partial charge in [-0.05, 0) is 18.6 Å². The summed E-state index contributed by atoms with van der Waals surface area (Å²) in [6, 6.07) is 2.83. The fourth-order valence-corrected chi connectivity index (χ4v) is 0.906. The largest absolute Gasteiger partial charge is 0.496 e. The molecule has 0 aromatic heterocycles. The van der Waals surface area contributed by atoms with E-state index in [0.717, 1.165) is 5.56 Å². The van der Waals surface area contributed by atoms with Crippen molar-refractivity contribution >= 4 is 5.69 Å². The van der Waals surface area contributed by atoms with Crippen molar-refractivity contribution in [1.29, 1.82) is 0 Å². The van der Waals surface area contributed by atoms with Crippen LogP contribution in [0.4, 0.5) is 10.1 Å². The second kappa shape index (κ2) is 2.78. The van der Waals surface area contributed by atoms with Crippen LogP contribution in [0, 0.1) is 12.7 Å². The molecule has 0 unspecified atom stereocenters. The fraction of sp³-hybridized carbons (Fsp3) is 0.250. The molecule has 0 aliphatic heterocycles. The van der Waals surface area contributed by atoms with Gasteiger partial charge in [-0.15, -0.1) is 0 Å². The average Bonchev–Trinajstić information content (AvgIpc) is 1.97. The lowest BCUT2D eigenvalue weighted by molar-refractivity contribution is 0.408. The molecule has 0 saturated heterocycles. The van der Waals surface area contributed by atoms with Gasteiger partial charge in [0.25, 0.3) is 0 Å². The molecular formula is C8H10FNO. The van der Waals surface area contributed by atoms with Crippen LogP contribution < -0.4 is 10.5 Å². The van der Waals surface area contributed by atoms with Crippen LogP contribution in [0.1, 0.15) is 5.56 Å². The van der Waals surface area contributed by atoms with Crippen molar-refractivity contribution in [2.45, 2.75) is 6.92 Å². The molecule has 1 aromatic rings. The van der Waals surface area contributed by atoms with Gasteiger partial charge in [-0.3, -0.25) is 0 Å². The smallest absolute Gasteiger partial charge is 0.149 e. The Kier molecular flexibility index (Phi) is 1.98. The summed E-state index contributed by atoms with van der Waals surface area (Å²) >= 11 is 0. The SMILES string of the molecule is COc1cc(F)c(N)cc1C. The Hall–Kier alpha value is -1.25. The van der Waals surface area contributed by atoms with E-state index < -0.39 is 5.82 Å². The summed E-state index contributed by atoms with van der Waals surface area (Å²) in [5.41, 5.74) is 6.31. The second-order valence-corrected chi connectivity index (χ2v) is 2.34. The van der Waals surface area contributed by atoms with Crippen LogP contribution >= 0.6 is 0 Å². The molecule has 0 saturated carbocycles. The van der Waals surface area contributed by atoms with E-state index in [2.05, 4.69) is 0 Å². The number of anilines is 1. The minimum Gasteiger partial charge on any atom is -0.496 e. The first-order valence-corrected chi connectivity index (χ1v) is 3.24. The average molecular weight is 155 g/mol. The van der Waals surface area contributed by atoms with Crippen LogP contribution in [0.2, 0.25) is 0 Å². The highest BCUT2D eigenvalue weighted by Crippen LogP contribution is 2.22. The zero-order valence-corrected chi connectivity index (χ0v) is 6.52. The van der Waals surface area contributed by atoms with Gasteiger partial charge < -0.3 is 10.5 Å². The summed E-state index contributed by atoms with van der Waals surface area (Å²) in [6.07, 6.45) is 0. The van der Waals surface area contributed by atoms with E-state index in [0.29, 0.717) is 5.75 Å². The molecule has 0 fully saturated rings. The minimum absolute atomic E-state index is 0.156. The molecule has 0 aliphatic carbocycles. The zero-order chi connectivity index (χ0) is 8.43. The third-order valence-corrected chi connectivity index (χ3v) is 1.51. The molecule has 1 rings (SSSR count). The summed E-state index contributed by atoms with van der Waals surface area (Å²) in [5, 5.41) is 0. The molecule has 1 aromatic carbocycles. The lowest BCUT2D eigenvalue weighted by Crippen LogP contribution is -1.94. The quantitative estimate of drug-likeness (QED) is 0.627. The maximum absolute atomic E-state index is 12.7. The molecule has 2 nitrogen and oxygen atoms in total. The number of methoxy groups -OCH3 is 1. The van der Waals surface area contributed by atoms with E-state index in [1.54, 1.807) is 6.07 Å². The van der Waals surface area contributed by atoms with E-state index in [4.69, 9.17) is 10.5 Å². The van der Waals surface area contributed by atoms with E-state index >= 15 is 0 Å². The number of ether oxygens (including phenoxy) is 1. The monoisotopic (exact) mass is 155 g/mol. The summed E-state index contributed by atoms with van der Waals surface area (Å²) in [7, 11) is 1.50. The highest BCUT2D eigenvalue weighted by Gasteiger charge is 2.03. The molecule has 0 atom stereocenters. The van der Waals surface area contributed by atoms with Crippen molar-refractivity contribution in [1.82, 2.24) is 0 Å². The number of benzene rings is 1. The van der Waals surface area contributed by atoms with Crippen LogP contribution in [-0.2, 0) is 0 Å². The number of hydrogen-bond donors (Lipinski definition) is 1. The predicted octanol–water partition coefficient (Wildman–Crippen LogP) is 1.72. The van der Waals surface area contributed by atoms with Crippen molar-refractivity contribution in [2.24, 2.45) is 0 Å². The highest BCUT2D eigenvalue weighted by molar-refractivity contribution is 5.48. The van der Waals surface area contributed by atoms with Crippen LogP contribution in [0.25, 0.3) is 0 Å². The summed E-state index contributed by atoms with van der Waals surface area (Å²) < 4.78 is 17.6. The first kappa shape index (κ1) is 7.85. The third-order valence-electron chi connectivity index (χ3n) is 1.51. The van der Waals surface area contributed by atoms with E-state index in [1.165, 1.54) is 13.2 Å². The Morgan fingerprint density at radius 1 is 1.45 bits per heavy atom. The Bertz CT molecular complexity index is 273. The van der Waals surface area contributed by atoms with Gasteiger partial charge in [0.2, 0.25) is 0 Å². The maximum Gasteiger partial charge on any atom is 0.149 e. The van der Waals surface area contributed by atoms with Gasteiger partial charge in [0.15, 0.2) is 0 Å². The summed E-state index contributed by atoms with van der Waals surface area (Å²) in [6.45, 7) is 1.81. The number of rotatable bonds is 1. The van der Waals surface area contributed by atoms with Gasteiger partial charge >= 0.3 is 0 Å². The number of hydrogen-bond acceptors (Lipinski definition) is 2. The molecule has 2 N–H and O–H groups in total. The van der Waals surface area contributed by atoms with E-state index in [9.17, 15) is 4.39 Å². The molecule has 60 valence electrons. The van der Waals surface area contributed by atoms with Crippen LogP contribution in [0.15, 0.2) is 12.1 Å². The van der Waals surface area contributed by atoms with Gasteiger partial charge in [0.05, 0.1) is 12.8 Å². The van der Waals surface area contributed by atoms with Crippen molar-refractivity contribution in [3.05, 3.63) is 23.5 Å². The van der Waals surface area contributed by atoms with Crippen LogP contribution in [0.3, 0.4) is 0 Å². The van der Waals surface area contributed by atoms with Crippen molar-refractivity contribution < 1.29 is 9.13 Å². The lowest BCUT2D eigenvalue weighted by atomic mass is 10.2. The van der Waals surface area contributed by atoms with Crippen molar-refractivity contribution in [3.63, 3.8) is 0 Å². The summed E-state index contributed by atoms with van der Waals surface area (Å²) in [5.74, 6) is 0.0872. The lowest BCUT2D eigenvalue weighted by Gasteiger charge is -2.05. The first-order chi connectivity index (χ1) is 5.15. The third kappa shape index (κ3) is 1.42. The number of nitrogen functional groups attached to an aromatic ring is 1. The van der Waals surface area contributed by atoms with Gasteiger partial charge in [-0.2, -0.15) is 0 Å². The van der Waals surface area contributed by atoms with E-state index in [-0.39, 0.29) is 5.69 Å². The van der Waals surface area contributed by atoms with Gasteiger partial charge in [0, 0.05) is 6.07 Å². The molecule has 0 heterocycles. The van der Waals surface area contributed by atoms with Crippen LogP contribution in [0.5, 0.6) is 5.75 Å². The number of nitrogens with two attached hydrogens (primary N) is 1. The molecule has 11 heavy (non-hydrogen) atoms. The Balaban J connectivity index is 3.21. The number of halogens is 1. The molecule has 0 radical (unpaired) electrons. The maximum atomic E-state index is 12.7. The molecule has 0 amide bonds. The number of aryl methyl sites for hydroxylation is 1.